The Hall–Kier alpha value is -1.46. The molecule has 6 heteroatoms. The topological polar surface area (TPSA) is 70.0 Å². The number of phenols is 1. The average Bonchev–Trinajstić information content (AvgIpc) is 2.41. The molecule has 2 N–H and O–H groups in total. The third-order valence-corrected chi connectivity index (χ3v) is 3.35. The summed E-state index contributed by atoms with van der Waals surface area (Å²) in [7, 11) is 1.46. The number of halogens is 1. The number of carbonyl (C=O) groups is 1. The highest BCUT2D eigenvalue weighted by Crippen LogP contribution is 2.34. The molecule has 0 saturated carbocycles. The quantitative estimate of drug-likeness (QED) is 0.810. The van der Waals surface area contributed by atoms with Crippen LogP contribution < -0.4 is 4.74 Å². The van der Waals surface area contributed by atoms with Crippen LogP contribution in [0.3, 0.4) is 0 Å². The summed E-state index contributed by atoms with van der Waals surface area (Å²) in [5.74, 6) is -0.956. The van der Waals surface area contributed by atoms with E-state index in [-0.39, 0.29) is 5.75 Å². The van der Waals surface area contributed by atoms with Gasteiger partial charge in [0.1, 0.15) is 0 Å². The molecule has 1 aromatic carbocycles. The molecule has 0 spiro atoms. The standard InChI is InChI=1S/C14H20ClNO4/c1-4-16(7-9(2)14(18)19)8-10-5-11(15)6-12(20-3)13(10)17/h5-6,9,17H,4,7-8H2,1-3H3,(H,18,19). The van der Waals surface area contributed by atoms with Gasteiger partial charge in [-0.25, -0.2) is 0 Å². The van der Waals surface area contributed by atoms with E-state index in [0.717, 1.165) is 0 Å². The number of aromatic hydroxyl groups is 1. The summed E-state index contributed by atoms with van der Waals surface area (Å²) in [4.78, 5) is 12.8. The first-order chi connectivity index (χ1) is 9.38. The fourth-order valence-electron chi connectivity index (χ4n) is 1.92. The lowest BCUT2D eigenvalue weighted by Gasteiger charge is -2.23. The molecule has 0 aliphatic rings. The number of ether oxygens (including phenoxy) is 1. The monoisotopic (exact) mass is 301 g/mol. The molecule has 0 aromatic heterocycles. The minimum atomic E-state index is -0.837. The Balaban J connectivity index is 2.90. The van der Waals surface area contributed by atoms with Gasteiger partial charge in [0.25, 0.3) is 0 Å². The maximum Gasteiger partial charge on any atom is 0.307 e. The average molecular weight is 302 g/mol. The zero-order chi connectivity index (χ0) is 15.3. The predicted octanol–water partition coefficient (Wildman–Crippen LogP) is 2.60. The molecule has 20 heavy (non-hydrogen) atoms. The molecule has 0 radical (unpaired) electrons. The van der Waals surface area contributed by atoms with Gasteiger partial charge in [-0.3, -0.25) is 9.69 Å². The maximum absolute atomic E-state index is 10.9. The van der Waals surface area contributed by atoms with E-state index in [1.807, 2.05) is 11.8 Å². The van der Waals surface area contributed by atoms with Gasteiger partial charge in [-0.2, -0.15) is 0 Å². The zero-order valence-corrected chi connectivity index (χ0v) is 12.6. The van der Waals surface area contributed by atoms with E-state index in [1.54, 1.807) is 13.0 Å². The summed E-state index contributed by atoms with van der Waals surface area (Å²) in [5.41, 5.74) is 0.619. The van der Waals surface area contributed by atoms with E-state index in [0.29, 0.717) is 36.0 Å². The second kappa shape index (κ2) is 7.36. The number of carboxylic acid groups (broad SMARTS) is 1. The van der Waals surface area contributed by atoms with Gasteiger partial charge in [0.15, 0.2) is 11.5 Å². The van der Waals surface area contributed by atoms with Crippen molar-refractivity contribution in [2.24, 2.45) is 5.92 Å². The van der Waals surface area contributed by atoms with Crippen molar-refractivity contribution in [3.63, 3.8) is 0 Å². The van der Waals surface area contributed by atoms with Crippen LogP contribution in [-0.2, 0) is 11.3 Å². The summed E-state index contributed by atoms with van der Waals surface area (Å²) >= 11 is 5.98. The summed E-state index contributed by atoms with van der Waals surface area (Å²) in [5, 5.41) is 19.5. The molecule has 1 unspecified atom stereocenters. The molecule has 0 bridgehead atoms. The molecule has 0 aliphatic carbocycles. The number of nitrogens with zero attached hydrogens (tertiary/aromatic N) is 1. The number of rotatable bonds is 7. The van der Waals surface area contributed by atoms with Crippen molar-refractivity contribution in [3.05, 3.63) is 22.7 Å². The van der Waals surface area contributed by atoms with Crippen molar-refractivity contribution in [3.8, 4) is 11.5 Å². The summed E-state index contributed by atoms with van der Waals surface area (Å²) in [6, 6.07) is 3.20. The van der Waals surface area contributed by atoms with Crippen LogP contribution in [0.1, 0.15) is 19.4 Å². The van der Waals surface area contributed by atoms with Crippen molar-refractivity contribution in [2.45, 2.75) is 20.4 Å². The molecule has 5 nitrogen and oxygen atoms in total. The Kier molecular flexibility index (Phi) is 6.10. The van der Waals surface area contributed by atoms with Gasteiger partial charge in [0.2, 0.25) is 0 Å². The lowest BCUT2D eigenvalue weighted by atomic mass is 10.1. The van der Waals surface area contributed by atoms with Gasteiger partial charge in [-0.1, -0.05) is 25.4 Å². The van der Waals surface area contributed by atoms with E-state index in [9.17, 15) is 9.90 Å². The number of hydrogen-bond donors (Lipinski definition) is 2. The fraction of sp³-hybridized carbons (Fsp3) is 0.500. The molecule has 0 heterocycles. The van der Waals surface area contributed by atoms with Crippen LogP contribution in [0.5, 0.6) is 11.5 Å². The van der Waals surface area contributed by atoms with E-state index in [2.05, 4.69) is 0 Å². The second-order valence-electron chi connectivity index (χ2n) is 4.68. The molecule has 112 valence electrons. The van der Waals surface area contributed by atoms with Gasteiger partial charge in [-0.05, 0) is 12.6 Å². The Morgan fingerprint density at radius 3 is 2.65 bits per heavy atom. The van der Waals surface area contributed by atoms with Crippen molar-refractivity contribution in [2.75, 3.05) is 20.2 Å². The third-order valence-electron chi connectivity index (χ3n) is 3.13. The first-order valence-corrected chi connectivity index (χ1v) is 6.77. The van der Waals surface area contributed by atoms with Crippen LogP contribution in [0, 0.1) is 5.92 Å². The second-order valence-corrected chi connectivity index (χ2v) is 5.12. The summed E-state index contributed by atoms with van der Waals surface area (Å²) in [6.45, 7) is 5.08. The first-order valence-electron chi connectivity index (χ1n) is 6.39. The SMILES string of the molecule is CCN(Cc1cc(Cl)cc(OC)c1O)CC(C)C(=O)O. The Morgan fingerprint density at radius 2 is 2.15 bits per heavy atom. The van der Waals surface area contributed by atoms with E-state index in [4.69, 9.17) is 21.4 Å². The first kappa shape index (κ1) is 16.6. The van der Waals surface area contributed by atoms with Crippen LogP contribution in [0.25, 0.3) is 0 Å². The van der Waals surface area contributed by atoms with Crippen molar-refractivity contribution in [1.82, 2.24) is 4.90 Å². The van der Waals surface area contributed by atoms with Crippen LogP contribution in [-0.4, -0.2) is 41.3 Å². The van der Waals surface area contributed by atoms with Gasteiger partial charge >= 0.3 is 5.97 Å². The molecule has 1 atom stereocenters. The van der Waals surface area contributed by atoms with Crippen LogP contribution in [0.15, 0.2) is 12.1 Å². The molecular formula is C14H20ClNO4. The van der Waals surface area contributed by atoms with Crippen LogP contribution in [0.4, 0.5) is 0 Å². The number of benzene rings is 1. The highest BCUT2D eigenvalue weighted by atomic mass is 35.5. The van der Waals surface area contributed by atoms with E-state index < -0.39 is 11.9 Å². The largest absolute Gasteiger partial charge is 0.504 e. The maximum atomic E-state index is 10.9. The zero-order valence-electron chi connectivity index (χ0n) is 11.9. The highest BCUT2D eigenvalue weighted by Gasteiger charge is 2.18. The van der Waals surface area contributed by atoms with Crippen LogP contribution in [0.2, 0.25) is 5.02 Å². The molecule has 0 amide bonds. The number of phenolic OH excluding ortho intramolecular Hbond substituents is 1. The van der Waals surface area contributed by atoms with Crippen molar-refractivity contribution >= 4 is 17.6 Å². The molecule has 1 rings (SSSR count). The van der Waals surface area contributed by atoms with Gasteiger partial charge < -0.3 is 14.9 Å². The smallest absolute Gasteiger partial charge is 0.307 e. The van der Waals surface area contributed by atoms with Gasteiger partial charge in [-0.15, -0.1) is 0 Å². The Labute approximate surface area is 123 Å². The van der Waals surface area contributed by atoms with Crippen molar-refractivity contribution in [1.29, 1.82) is 0 Å². The third kappa shape index (κ3) is 4.28. The number of hydrogen-bond acceptors (Lipinski definition) is 4. The normalized spacial score (nSPS) is 12.4. The van der Waals surface area contributed by atoms with Crippen molar-refractivity contribution < 1.29 is 19.7 Å². The van der Waals surface area contributed by atoms with E-state index >= 15 is 0 Å². The number of carboxylic acids is 1. The molecular weight excluding hydrogens is 282 g/mol. The Bertz CT molecular complexity index is 478. The lowest BCUT2D eigenvalue weighted by Crippen LogP contribution is -2.31. The minimum Gasteiger partial charge on any atom is -0.504 e. The number of methoxy groups -OCH3 is 1. The van der Waals surface area contributed by atoms with Gasteiger partial charge in [0.05, 0.1) is 13.0 Å². The summed E-state index contributed by atoms with van der Waals surface area (Å²) < 4.78 is 5.05. The predicted molar refractivity (Wildman–Crippen MR) is 77.4 cm³/mol. The van der Waals surface area contributed by atoms with Crippen LogP contribution >= 0.6 is 11.6 Å². The summed E-state index contributed by atoms with van der Waals surface area (Å²) in [6.07, 6.45) is 0. The molecule has 0 aliphatic heterocycles. The molecule has 1 aromatic rings. The molecule has 0 fully saturated rings. The van der Waals surface area contributed by atoms with E-state index in [1.165, 1.54) is 13.2 Å². The minimum absolute atomic E-state index is 0.0401. The number of aliphatic carboxylic acids is 1. The molecule has 0 saturated heterocycles. The highest BCUT2D eigenvalue weighted by molar-refractivity contribution is 6.30. The lowest BCUT2D eigenvalue weighted by molar-refractivity contribution is -0.141. The fourth-order valence-corrected chi connectivity index (χ4v) is 2.15. The Morgan fingerprint density at radius 1 is 1.50 bits per heavy atom. The van der Waals surface area contributed by atoms with Gasteiger partial charge in [0, 0.05) is 29.7 Å².